The molecule has 1 aliphatic rings. The molecule has 3 amide bonds. The summed E-state index contributed by atoms with van der Waals surface area (Å²) in [5.41, 5.74) is 2.24. The lowest BCUT2D eigenvalue weighted by molar-refractivity contribution is -0.128. The fourth-order valence-electron chi connectivity index (χ4n) is 6.19. The second-order valence-corrected chi connectivity index (χ2v) is 17.0. The van der Waals surface area contributed by atoms with Gasteiger partial charge in [-0.3, -0.25) is 4.79 Å². The van der Waals surface area contributed by atoms with E-state index >= 15 is 0 Å². The molecule has 1 fully saturated rings. The van der Waals surface area contributed by atoms with Gasteiger partial charge in [0.25, 0.3) is 0 Å². The lowest BCUT2D eigenvalue weighted by atomic mass is 9.97. The number of carbonyl (C=O) groups is 2. The van der Waals surface area contributed by atoms with Crippen molar-refractivity contribution >= 4 is 33.3 Å². The van der Waals surface area contributed by atoms with E-state index in [4.69, 9.17) is 0 Å². The third-order valence-electron chi connectivity index (χ3n) is 8.62. The molecule has 1 aromatic heterocycles. The molecule has 2 N–H and O–H groups in total. The Morgan fingerprint density at radius 3 is 2.31 bits per heavy atom. The monoisotopic (exact) mass is 741 g/mol. The maximum Gasteiger partial charge on any atom is 0.321 e. The van der Waals surface area contributed by atoms with E-state index in [1.807, 2.05) is 82.4 Å². The van der Waals surface area contributed by atoms with Gasteiger partial charge in [-0.15, -0.1) is 11.3 Å². The summed E-state index contributed by atoms with van der Waals surface area (Å²) in [6.07, 6.45) is -1.05. The Hall–Kier alpha value is -3.76. The van der Waals surface area contributed by atoms with Crippen molar-refractivity contribution in [1.29, 1.82) is 0 Å². The Morgan fingerprint density at radius 1 is 1.02 bits per heavy atom. The van der Waals surface area contributed by atoms with Crippen LogP contribution in [0.3, 0.4) is 0 Å². The van der Waals surface area contributed by atoms with Crippen LogP contribution in [0.4, 0.5) is 4.79 Å². The highest BCUT2D eigenvalue weighted by atomic mass is 32.2. The van der Waals surface area contributed by atoms with E-state index in [-0.39, 0.29) is 48.8 Å². The molecule has 2 aromatic carbocycles. The number of thiazole rings is 1. The second-order valence-electron chi connectivity index (χ2n) is 14.1. The van der Waals surface area contributed by atoms with Gasteiger partial charge in [0.1, 0.15) is 17.6 Å². The highest BCUT2D eigenvalue weighted by Gasteiger charge is 2.40. The minimum atomic E-state index is -4.06. The first kappa shape index (κ1) is 40.0. The van der Waals surface area contributed by atoms with Crippen LogP contribution in [0.2, 0.25) is 0 Å². The van der Waals surface area contributed by atoms with Crippen LogP contribution in [0, 0.1) is 16.7 Å². The average molecular weight is 742 g/mol. The molecule has 15 heteroatoms. The van der Waals surface area contributed by atoms with Gasteiger partial charge in [-0.25, -0.2) is 18.2 Å². The minimum absolute atomic E-state index is 0.0252. The lowest BCUT2D eigenvalue weighted by Crippen LogP contribution is -2.57. The van der Waals surface area contributed by atoms with Gasteiger partial charge in [0, 0.05) is 38.1 Å². The number of hydrogen-bond donors (Lipinski definition) is 2. The highest BCUT2D eigenvalue weighted by molar-refractivity contribution is 7.89. The van der Waals surface area contributed by atoms with Gasteiger partial charge in [0.15, 0.2) is 0 Å². The number of rotatable bonds is 19. The number of urea groups is 1. The Balaban J connectivity index is 1.54. The van der Waals surface area contributed by atoms with Crippen molar-refractivity contribution in [3.8, 4) is 0 Å². The third kappa shape index (κ3) is 10.9. The quantitative estimate of drug-likeness (QED) is 0.174. The number of sulfonamides is 1. The summed E-state index contributed by atoms with van der Waals surface area (Å²) >= 11 is 1.55. The van der Waals surface area contributed by atoms with E-state index in [9.17, 15) is 28.0 Å². The van der Waals surface area contributed by atoms with Crippen molar-refractivity contribution in [2.45, 2.75) is 76.8 Å². The van der Waals surface area contributed by atoms with Gasteiger partial charge in [0.05, 0.1) is 29.3 Å². The second kappa shape index (κ2) is 18.1. The average Bonchev–Trinajstić information content (AvgIpc) is 3.66. The summed E-state index contributed by atoms with van der Waals surface area (Å²) < 4.78 is 29.0. The van der Waals surface area contributed by atoms with Crippen LogP contribution in [0.25, 0.3) is 0 Å². The van der Waals surface area contributed by atoms with E-state index in [0.29, 0.717) is 31.7 Å². The summed E-state index contributed by atoms with van der Waals surface area (Å²) in [6, 6.07) is 13.4. The number of nitrogens with one attached hydrogen (secondary N) is 1. The Morgan fingerprint density at radius 2 is 1.71 bits per heavy atom. The first-order valence-corrected chi connectivity index (χ1v) is 19.6. The van der Waals surface area contributed by atoms with Crippen molar-refractivity contribution in [3.05, 3.63) is 86.7 Å². The van der Waals surface area contributed by atoms with Gasteiger partial charge in [-0.05, 0) is 55.6 Å². The number of aliphatic hydroxyl groups is 1. The number of aliphatic hydroxyl groups excluding tert-OH is 1. The molecule has 0 radical (unpaired) electrons. The predicted octanol–water partition coefficient (Wildman–Crippen LogP) is 4.17. The summed E-state index contributed by atoms with van der Waals surface area (Å²) in [5, 5.41) is 20.6. The van der Waals surface area contributed by atoms with Crippen molar-refractivity contribution in [1.82, 2.24) is 29.3 Å². The molecule has 1 saturated heterocycles. The molecule has 278 valence electrons. The topological polar surface area (TPSA) is 156 Å². The fourth-order valence-corrected chi connectivity index (χ4v) is 8.72. The Labute approximate surface area is 305 Å². The lowest BCUT2D eigenvalue weighted by Gasteiger charge is -2.34. The zero-order valence-corrected chi connectivity index (χ0v) is 31.9. The van der Waals surface area contributed by atoms with Gasteiger partial charge >= 0.3 is 6.03 Å². The zero-order valence-electron chi connectivity index (χ0n) is 30.3. The Kier molecular flexibility index (Phi) is 14.2. The van der Waals surface area contributed by atoms with Crippen LogP contribution >= 0.6 is 11.3 Å². The molecule has 0 spiro atoms. The third-order valence-corrected chi connectivity index (χ3v) is 11.4. The van der Waals surface area contributed by atoms with E-state index < -0.39 is 34.1 Å². The standard InChI is InChI=1S/C36H51N7O6S2/c1-25(2)20-42(51(48,49)30-14-12-28(13-15-30)19-37-47)22-32(44)31(18-27-10-8-7-9-11-27)39-35(45)34(26(3)4)43-17-16-41(36(43)46)21-29-24-50-33(38-29)23-40(5)6/h7-15,24-26,31-32,34,44H,16-23H2,1-6H3,(H,39,45)/t31-,32+,34-/m0/s1. The summed E-state index contributed by atoms with van der Waals surface area (Å²) in [6.45, 7) is 9.18. The van der Waals surface area contributed by atoms with Crippen LogP contribution in [0.5, 0.6) is 0 Å². The van der Waals surface area contributed by atoms with Crippen LogP contribution in [-0.4, -0.2) is 108 Å². The molecule has 13 nitrogen and oxygen atoms in total. The first-order valence-electron chi connectivity index (χ1n) is 17.2. The molecule has 0 bridgehead atoms. The molecular formula is C36H51N7O6S2. The molecule has 0 saturated carbocycles. The number of carbonyl (C=O) groups excluding carboxylic acids is 2. The first-order chi connectivity index (χ1) is 24.2. The van der Waals surface area contributed by atoms with Gasteiger partial charge in [0.2, 0.25) is 15.9 Å². The van der Waals surface area contributed by atoms with E-state index in [2.05, 4.69) is 15.5 Å². The molecule has 3 aromatic rings. The molecule has 51 heavy (non-hydrogen) atoms. The highest BCUT2D eigenvalue weighted by Crippen LogP contribution is 2.24. The van der Waals surface area contributed by atoms with E-state index in [1.165, 1.54) is 16.4 Å². The number of benzene rings is 2. The summed E-state index contributed by atoms with van der Waals surface area (Å²) in [7, 11) is -0.106. The van der Waals surface area contributed by atoms with Crippen molar-refractivity contribution in [2.24, 2.45) is 17.0 Å². The number of nitroso groups, excluding NO2 is 1. The number of aromatic nitrogens is 1. The zero-order chi connectivity index (χ0) is 37.3. The summed E-state index contributed by atoms with van der Waals surface area (Å²) in [4.78, 5) is 48.6. The minimum Gasteiger partial charge on any atom is -0.390 e. The predicted molar refractivity (Wildman–Crippen MR) is 198 cm³/mol. The number of hydrogen-bond acceptors (Lipinski definition) is 10. The number of amides is 3. The maximum atomic E-state index is 14.1. The Bertz CT molecular complexity index is 1700. The fraction of sp³-hybridized carbons (Fsp3) is 0.528. The van der Waals surface area contributed by atoms with Crippen LogP contribution in [0.1, 0.15) is 49.5 Å². The molecule has 0 aliphatic carbocycles. The smallest absolute Gasteiger partial charge is 0.321 e. The van der Waals surface area contributed by atoms with Gasteiger partial charge in [-0.2, -0.15) is 9.21 Å². The van der Waals surface area contributed by atoms with E-state index in [1.54, 1.807) is 33.3 Å². The van der Waals surface area contributed by atoms with Crippen molar-refractivity contribution in [2.75, 3.05) is 40.3 Å². The van der Waals surface area contributed by atoms with Crippen LogP contribution < -0.4 is 5.32 Å². The molecule has 0 unspecified atom stereocenters. The van der Waals surface area contributed by atoms with Gasteiger partial charge in [-0.1, -0.05) is 75.3 Å². The molecular weight excluding hydrogens is 691 g/mol. The van der Waals surface area contributed by atoms with E-state index in [0.717, 1.165) is 16.3 Å². The maximum absolute atomic E-state index is 14.1. The van der Waals surface area contributed by atoms with Crippen LogP contribution in [-0.2, 0) is 40.9 Å². The molecule has 3 atom stereocenters. The van der Waals surface area contributed by atoms with Crippen LogP contribution in [0.15, 0.2) is 70.0 Å². The normalized spacial score (nSPS) is 15.6. The van der Waals surface area contributed by atoms with Crippen molar-refractivity contribution in [3.63, 3.8) is 0 Å². The summed E-state index contributed by atoms with van der Waals surface area (Å²) in [5.74, 6) is -0.727. The number of nitrogens with zero attached hydrogens (tertiary/aromatic N) is 6. The van der Waals surface area contributed by atoms with Crippen molar-refractivity contribution < 1.29 is 23.1 Å². The molecule has 2 heterocycles. The largest absolute Gasteiger partial charge is 0.390 e. The molecule has 1 aliphatic heterocycles. The SMILES string of the molecule is CC(C)CN(C[C@@H](O)[C@H](Cc1ccccc1)NC(=O)[C@H](C(C)C)N1CCN(Cc2csc(CN(C)C)n2)C1=O)S(=O)(=O)c1ccc(CN=O)cc1. The van der Waals surface area contributed by atoms with Gasteiger partial charge < -0.3 is 25.1 Å². The molecule has 4 rings (SSSR count).